The Morgan fingerprint density at radius 1 is 1.36 bits per heavy atom. The zero-order valence-corrected chi connectivity index (χ0v) is 18.0. The number of benzene rings is 1. The van der Waals surface area contributed by atoms with E-state index in [2.05, 4.69) is 43.2 Å². The summed E-state index contributed by atoms with van der Waals surface area (Å²) in [6.45, 7) is 7.69. The summed E-state index contributed by atoms with van der Waals surface area (Å²) in [7, 11) is 0. The van der Waals surface area contributed by atoms with Gasteiger partial charge in [0.15, 0.2) is 10.0 Å². The number of carbonyl (C=O) groups excluding carboxylic acids is 1. The number of likely N-dealkylation sites (tertiary alicyclic amines) is 1. The van der Waals surface area contributed by atoms with Gasteiger partial charge in [0.25, 0.3) is 0 Å². The molecule has 2 heterocycles. The number of thioether (sulfide) groups is 1. The summed E-state index contributed by atoms with van der Waals surface area (Å²) in [5.41, 5.74) is 4.94. The van der Waals surface area contributed by atoms with Gasteiger partial charge in [0.05, 0.1) is 0 Å². The fourth-order valence-electron chi connectivity index (χ4n) is 3.64. The van der Waals surface area contributed by atoms with Crippen LogP contribution in [0.25, 0.3) is 0 Å². The van der Waals surface area contributed by atoms with Crippen molar-refractivity contribution in [2.75, 3.05) is 24.2 Å². The highest BCUT2D eigenvalue weighted by Crippen LogP contribution is 2.26. The third kappa shape index (κ3) is 4.86. The van der Waals surface area contributed by atoms with Gasteiger partial charge in [-0.25, -0.2) is 9.78 Å². The van der Waals surface area contributed by atoms with Crippen LogP contribution in [-0.2, 0) is 4.79 Å². The van der Waals surface area contributed by atoms with Gasteiger partial charge in [-0.1, -0.05) is 29.5 Å². The van der Waals surface area contributed by atoms with Gasteiger partial charge >= 0.3 is 5.97 Å². The third-order valence-electron chi connectivity index (χ3n) is 4.90. The molecule has 2 N–H and O–H groups in total. The van der Waals surface area contributed by atoms with E-state index >= 15 is 0 Å². The van der Waals surface area contributed by atoms with E-state index in [0.29, 0.717) is 18.7 Å². The second-order valence-corrected chi connectivity index (χ2v) is 9.29. The molecule has 0 aliphatic carbocycles. The van der Waals surface area contributed by atoms with Gasteiger partial charge in [0.2, 0.25) is 5.91 Å². The average Bonchev–Trinajstić information content (AvgIpc) is 3.22. The molecule has 28 heavy (non-hydrogen) atoms. The number of nitrogens with one attached hydrogen (secondary N) is 1. The van der Waals surface area contributed by atoms with Crippen molar-refractivity contribution in [3.63, 3.8) is 0 Å². The van der Waals surface area contributed by atoms with Crippen molar-refractivity contribution in [3.8, 4) is 0 Å². The molecule has 2 aromatic rings. The molecule has 1 fully saturated rings. The highest BCUT2D eigenvalue weighted by atomic mass is 32.2. The van der Waals surface area contributed by atoms with Crippen molar-refractivity contribution in [1.82, 2.24) is 9.88 Å². The first-order valence-corrected chi connectivity index (χ1v) is 11.1. The predicted octanol–water partition coefficient (Wildman–Crippen LogP) is 3.96. The Kier molecular flexibility index (Phi) is 6.61. The van der Waals surface area contributed by atoms with Gasteiger partial charge in [-0.3, -0.25) is 4.79 Å². The Morgan fingerprint density at radius 3 is 2.71 bits per heavy atom. The number of nitrogens with zero attached hydrogens (tertiary/aromatic N) is 2. The number of amides is 1. The standard InChI is InChI=1S/C20H25N3O3S2/c1-12-8-13(2)18(14(3)9-12)21-10-15-4-5-17(24)23(15)6-7-27-20-22-16(11-28-20)19(25)26/h8-9,11,15,21H,4-7,10H2,1-3H3,(H,25,26). The van der Waals surface area contributed by atoms with E-state index in [1.54, 1.807) is 5.38 Å². The van der Waals surface area contributed by atoms with Crippen molar-refractivity contribution < 1.29 is 14.7 Å². The minimum absolute atomic E-state index is 0.0793. The number of hydrogen-bond acceptors (Lipinski definition) is 6. The molecule has 1 aromatic carbocycles. The minimum atomic E-state index is -1.01. The van der Waals surface area contributed by atoms with E-state index in [1.165, 1.54) is 39.8 Å². The number of aryl methyl sites for hydroxylation is 3. The van der Waals surface area contributed by atoms with E-state index in [4.69, 9.17) is 5.11 Å². The molecule has 1 unspecified atom stereocenters. The molecule has 1 amide bonds. The van der Waals surface area contributed by atoms with Crippen LogP contribution in [0.3, 0.4) is 0 Å². The Morgan fingerprint density at radius 2 is 2.07 bits per heavy atom. The summed E-state index contributed by atoms with van der Waals surface area (Å²) >= 11 is 2.83. The Balaban J connectivity index is 1.55. The minimum Gasteiger partial charge on any atom is -0.476 e. The average molecular weight is 420 g/mol. The number of carboxylic acid groups (broad SMARTS) is 1. The van der Waals surface area contributed by atoms with E-state index in [-0.39, 0.29) is 17.6 Å². The number of rotatable bonds is 8. The maximum atomic E-state index is 12.3. The number of carbonyl (C=O) groups is 2. The van der Waals surface area contributed by atoms with Crippen molar-refractivity contribution in [3.05, 3.63) is 39.9 Å². The molecule has 0 spiro atoms. The smallest absolute Gasteiger partial charge is 0.355 e. The highest BCUT2D eigenvalue weighted by Gasteiger charge is 2.30. The summed E-state index contributed by atoms with van der Waals surface area (Å²) in [6.07, 6.45) is 1.45. The van der Waals surface area contributed by atoms with Crippen molar-refractivity contribution in [2.24, 2.45) is 0 Å². The highest BCUT2D eigenvalue weighted by molar-refractivity contribution is 8.01. The second-order valence-electron chi connectivity index (χ2n) is 7.09. The van der Waals surface area contributed by atoms with Gasteiger partial charge in [0, 0.05) is 42.4 Å². The van der Waals surface area contributed by atoms with Crippen LogP contribution >= 0.6 is 23.1 Å². The van der Waals surface area contributed by atoms with Gasteiger partial charge in [-0.05, 0) is 38.3 Å². The largest absolute Gasteiger partial charge is 0.476 e. The number of hydrogen-bond donors (Lipinski definition) is 2. The van der Waals surface area contributed by atoms with E-state index in [9.17, 15) is 9.59 Å². The van der Waals surface area contributed by atoms with Crippen molar-refractivity contribution in [2.45, 2.75) is 44.0 Å². The maximum Gasteiger partial charge on any atom is 0.355 e. The summed E-state index contributed by atoms with van der Waals surface area (Å²) in [5.74, 6) is -0.113. The number of carboxylic acids is 1. The molecule has 1 saturated heterocycles. The monoisotopic (exact) mass is 419 g/mol. The molecule has 1 aromatic heterocycles. The van der Waals surface area contributed by atoms with E-state index in [0.717, 1.165) is 23.0 Å². The van der Waals surface area contributed by atoms with Crippen LogP contribution in [0.4, 0.5) is 5.69 Å². The summed E-state index contributed by atoms with van der Waals surface area (Å²) in [4.78, 5) is 29.3. The van der Waals surface area contributed by atoms with Crippen LogP contribution < -0.4 is 5.32 Å². The van der Waals surface area contributed by atoms with Crippen LogP contribution in [-0.4, -0.2) is 51.8 Å². The molecular weight excluding hydrogens is 394 g/mol. The lowest BCUT2D eigenvalue weighted by Gasteiger charge is -2.26. The van der Waals surface area contributed by atoms with E-state index in [1.807, 2.05) is 4.90 Å². The Hall–Kier alpha value is -2.06. The quantitative estimate of drug-likeness (QED) is 0.630. The SMILES string of the molecule is Cc1cc(C)c(NCC2CCC(=O)N2CCSc2nc(C(=O)O)cs2)c(C)c1. The van der Waals surface area contributed by atoms with Gasteiger partial charge in [-0.15, -0.1) is 11.3 Å². The molecule has 150 valence electrons. The lowest BCUT2D eigenvalue weighted by atomic mass is 10.0. The molecule has 1 atom stereocenters. The fourth-order valence-corrected chi connectivity index (χ4v) is 5.45. The second kappa shape index (κ2) is 8.96. The summed E-state index contributed by atoms with van der Waals surface area (Å²) in [5, 5.41) is 14.0. The summed E-state index contributed by atoms with van der Waals surface area (Å²) < 4.78 is 0.727. The zero-order valence-electron chi connectivity index (χ0n) is 16.3. The van der Waals surface area contributed by atoms with Crippen LogP contribution in [0.1, 0.15) is 40.0 Å². The van der Waals surface area contributed by atoms with Crippen LogP contribution in [0.15, 0.2) is 21.9 Å². The topological polar surface area (TPSA) is 82.5 Å². The van der Waals surface area contributed by atoms with E-state index < -0.39 is 5.97 Å². The van der Waals surface area contributed by atoms with Gasteiger partial charge in [-0.2, -0.15) is 0 Å². The fraction of sp³-hybridized carbons (Fsp3) is 0.450. The van der Waals surface area contributed by atoms with Crippen LogP contribution in [0, 0.1) is 20.8 Å². The Bertz CT molecular complexity index is 858. The predicted molar refractivity (Wildman–Crippen MR) is 114 cm³/mol. The maximum absolute atomic E-state index is 12.3. The Labute approximate surface area is 173 Å². The number of anilines is 1. The number of aromatic nitrogens is 1. The normalized spacial score (nSPS) is 16.6. The molecule has 0 radical (unpaired) electrons. The number of aromatic carboxylic acids is 1. The first-order chi connectivity index (χ1) is 13.3. The zero-order chi connectivity index (χ0) is 20.3. The first kappa shape index (κ1) is 20.7. The lowest BCUT2D eigenvalue weighted by Crippen LogP contribution is -2.39. The molecule has 8 heteroatoms. The molecule has 3 rings (SSSR count). The first-order valence-electron chi connectivity index (χ1n) is 9.28. The molecule has 1 aliphatic rings. The number of thiazole rings is 1. The molecular formula is C20H25N3O3S2. The lowest BCUT2D eigenvalue weighted by molar-refractivity contribution is -0.128. The third-order valence-corrected chi connectivity index (χ3v) is 6.91. The molecule has 1 aliphatic heterocycles. The van der Waals surface area contributed by atoms with Crippen molar-refractivity contribution >= 4 is 40.7 Å². The van der Waals surface area contributed by atoms with Crippen molar-refractivity contribution in [1.29, 1.82) is 0 Å². The van der Waals surface area contributed by atoms with Crippen LogP contribution in [0.5, 0.6) is 0 Å². The van der Waals surface area contributed by atoms with Crippen LogP contribution in [0.2, 0.25) is 0 Å². The van der Waals surface area contributed by atoms with Gasteiger partial charge < -0.3 is 15.3 Å². The molecule has 0 bridgehead atoms. The molecule has 6 nitrogen and oxygen atoms in total. The summed E-state index contributed by atoms with van der Waals surface area (Å²) in [6, 6.07) is 4.52. The molecule has 0 saturated carbocycles. The van der Waals surface area contributed by atoms with Gasteiger partial charge in [0.1, 0.15) is 0 Å².